The molecule has 21 heavy (non-hydrogen) atoms. The molecule has 0 aromatic heterocycles. The van der Waals surface area contributed by atoms with Crippen LogP contribution in [-0.2, 0) is 20.4 Å². The molecule has 1 rings (SSSR count). The molecule has 0 aliphatic carbocycles. The van der Waals surface area contributed by atoms with Crippen LogP contribution in [0.2, 0.25) is 0 Å². The summed E-state index contributed by atoms with van der Waals surface area (Å²) in [6.45, 7) is 1.07. The number of rotatable bonds is 5. The lowest BCUT2D eigenvalue weighted by molar-refractivity contribution is -0.145. The zero-order chi connectivity index (χ0) is 16.0. The molecule has 0 aliphatic rings. The van der Waals surface area contributed by atoms with E-state index in [1.54, 1.807) is 6.92 Å². The van der Waals surface area contributed by atoms with Gasteiger partial charge in [-0.05, 0) is 25.1 Å². The van der Waals surface area contributed by atoms with E-state index in [9.17, 15) is 22.8 Å². The van der Waals surface area contributed by atoms with Gasteiger partial charge in [0, 0.05) is 0 Å². The third kappa shape index (κ3) is 4.66. The fourth-order valence-corrected chi connectivity index (χ4v) is 1.44. The largest absolute Gasteiger partial charge is 0.481 e. The van der Waals surface area contributed by atoms with Gasteiger partial charge in [-0.1, -0.05) is 0 Å². The zero-order valence-electron chi connectivity index (χ0n) is 11.3. The summed E-state index contributed by atoms with van der Waals surface area (Å²) in [5.41, 5.74) is -1.22. The van der Waals surface area contributed by atoms with Crippen LogP contribution in [-0.4, -0.2) is 32.3 Å². The molecule has 116 valence electrons. The van der Waals surface area contributed by atoms with Crippen molar-refractivity contribution in [1.82, 2.24) is 0 Å². The Labute approximate surface area is 118 Å². The number of methoxy groups -OCH3 is 1. The van der Waals surface area contributed by atoms with Gasteiger partial charge < -0.3 is 14.2 Å². The highest BCUT2D eigenvalue weighted by atomic mass is 19.4. The van der Waals surface area contributed by atoms with Gasteiger partial charge in [-0.25, -0.2) is 9.59 Å². The summed E-state index contributed by atoms with van der Waals surface area (Å²) in [5.74, 6) is -2.03. The Hall–Kier alpha value is -2.25. The van der Waals surface area contributed by atoms with Crippen LogP contribution < -0.4 is 4.74 Å². The molecule has 0 heterocycles. The SMILES string of the molecule is CCOC(=O)COc1cc(C(F)(F)F)ccc1C(=O)OC. The summed E-state index contributed by atoms with van der Waals surface area (Å²) >= 11 is 0. The molecule has 0 atom stereocenters. The topological polar surface area (TPSA) is 61.8 Å². The number of halogens is 3. The Balaban J connectivity index is 3.05. The van der Waals surface area contributed by atoms with Crippen molar-refractivity contribution in [2.75, 3.05) is 20.3 Å². The maximum absolute atomic E-state index is 12.6. The van der Waals surface area contributed by atoms with E-state index in [0.717, 1.165) is 19.2 Å². The highest BCUT2D eigenvalue weighted by Gasteiger charge is 2.32. The van der Waals surface area contributed by atoms with Crippen LogP contribution in [0.1, 0.15) is 22.8 Å². The number of hydrogen-bond donors (Lipinski definition) is 0. The Morgan fingerprint density at radius 2 is 1.90 bits per heavy atom. The van der Waals surface area contributed by atoms with Gasteiger partial charge in [-0.15, -0.1) is 0 Å². The number of ether oxygens (including phenoxy) is 3. The van der Waals surface area contributed by atoms with Crippen LogP contribution in [0.3, 0.4) is 0 Å². The van der Waals surface area contributed by atoms with Crippen LogP contribution in [0.15, 0.2) is 18.2 Å². The van der Waals surface area contributed by atoms with Gasteiger partial charge in [-0.2, -0.15) is 13.2 Å². The van der Waals surface area contributed by atoms with Gasteiger partial charge in [-0.3, -0.25) is 0 Å². The fourth-order valence-electron chi connectivity index (χ4n) is 1.44. The fraction of sp³-hybridized carbons (Fsp3) is 0.385. The van der Waals surface area contributed by atoms with E-state index in [-0.39, 0.29) is 12.2 Å². The summed E-state index contributed by atoms with van der Waals surface area (Å²) in [7, 11) is 1.08. The molecule has 0 spiro atoms. The number of carbonyl (C=O) groups is 2. The summed E-state index contributed by atoms with van der Waals surface area (Å²) in [4.78, 5) is 22.6. The normalized spacial score (nSPS) is 10.9. The minimum atomic E-state index is -4.60. The van der Waals surface area contributed by atoms with E-state index in [2.05, 4.69) is 9.47 Å². The molecular formula is C13H13F3O5. The summed E-state index contributed by atoms with van der Waals surface area (Å²) < 4.78 is 51.9. The summed E-state index contributed by atoms with van der Waals surface area (Å²) in [5, 5.41) is 0. The van der Waals surface area contributed by atoms with Crippen LogP contribution >= 0.6 is 0 Å². The van der Waals surface area contributed by atoms with Crippen molar-refractivity contribution in [3.8, 4) is 5.75 Å². The molecule has 0 bridgehead atoms. The number of esters is 2. The maximum Gasteiger partial charge on any atom is 0.416 e. The van der Waals surface area contributed by atoms with E-state index in [1.165, 1.54) is 0 Å². The quantitative estimate of drug-likeness (QED) is 0.782. The predicted octanol–water partition coefficient (Wildman–Crippen LogP) is 2.43. The second-order valence-corrected chi connectivity index (χ2v) is 3.79. The van der Waals surface area contributed by atoms with Crippen molar-refractivity contribution in [2.45, 2.75) is 13.1 Å². The number of hydrogen-bond acceptors (Lipinski definition) is 5. The molecule has 1 aromatic rings. The van der Waals surface area contributed by atoms with Gasteiger partial charge >= 0.3 is 18.1 Å². The van der Waals surface area contributed by atoms with E-state index >= 15 is 0 Å². The average molecular weight is 306 g/mol. The molecule has 0 fully saturated rings. The maximum atomic E-state index is 12.6. The molecule has 1 aromatic carbocycles. The van der Waals surface area contributed by atoms with Gasteiger partial charge in [0.2, 0.25) is 0 Å². The summed E-state index contributed by atoms with van der Waals surface area (Å²) in [6, 6.07) is 2.28. The Morgan fingerprint density at radius 1 is 1.24 bits per heavy atom. The molecular weight excluding hydrogens is 293 g/mol. The monoisotopic (exact) mass is 306 g/mol. The average Bonchev–Trinajstić information content (AvgIpc) is 2.43. The smallest absolute Gasteiger partial charge is 0.416 e. The highest BCUT2D eigenvalue weighted by molar-refractivity contribution is 5.92. The second-order valence-electron chi connectivity index (χ2n) is 3.79. The first-order valence-corrected chi connectivity index (χ1v) is 5.87. The van der Waals surface area contributed by atoms with Gasteiger partial charge in [0.1, 0.15) is 11.3 Å². The Bertz CT molecular complexity index is 525. The summed E-state index contributed by atoms with van der Waals surface area (Å²) in [6.07, 6.45) is -4.60. The zero-order valence-corrected chi connectivity index (χ0v) is 11.3. The standard InChI is InChI=1S/C13H13F3O5/c1-3-20-11(17)7-21-10-6-8(13(14,15)16)4-5-9(10)12(18)19-2/h4-6H,3,7H2,1-2H3. The molecule has 0 radical (unpaired) electrons. The molecule has 0 amide bonds. The van der Waals surface area contributed by atoms with Crippen molar-refractivity contribution < 1.29 is 37.0 Å². The van der Waals surface area contributed by atoms with Crippen molar-refractivity contribution in [3.05, 3.63) is 29.3 Å². The van der Waals surface area contributed by atoms with Crippen molar-refractivity contribution in [2.24, 2.45) is 0 Å². The number of alkyl halides is 3. The lowest BCUT2D eigenvalue weighted by Gasteiger charge is -2.13. The van der Waals surface area contributed by atoms with Gasteiger partial charge in [0.15, 0.2) is 6.61 Å². The third-order valence-electron chi connectivity index (χ3n) is 2.37. The van der Waals surface area contributed by atoms with Crippen LogP contribution in [0, 0.1) is 0 Å². The van der Waals surface area contributed by atoms with Crippen molar-refractivity contribution in [3.63, 3.8) is 0 Å². The van der Waals surface area contributed by atoms with E-state index in [1.807, 2.05) is 0 Å². The Kier molecular flexibility index (Phi) is 5.57. The molecule has 8 heteroatoms. The number of benzene rings is 1. The molecule has 0 saturated heterocycles. The lowest BCUT2D eigenvalue weighted by atomic mass is 10.1. The van der Waals surface area contributed by atoms with Crippen LogP contribution in [0.4, 0.5) is 13.2 Å². The van der Waals surface area contributed by atoms with Crippen molar-refractivity contribution in [1.29, 1.82) is 0 Å². The second kappa shape index (κ2) is 6.96. The Morgan fingerprint density at radius 3 is 2.43 bits per heavy atom. The number of carbonyl (C=O) groups excluding carboxylic acids is 2. The van der Waals surface area contributed by atoms with Gasteiger partial charge in [0.25, 0.3) is 0 Å². The molecule has 0 aliphatic heterocycles. The molecule has 5 nitrogen and oxygen atoms in total. The predicted molar refractivity (Wildman–Crippen MR) is 64.9 cm³/mol. The minimum Gasteiger partial charge on any atom is -0.481 e. The first-order chi connectivity index (χ1) is 9.79. The lowest BCUT2D eigenvalue weighted by Crippen LogP contribution is -2.17. The van der Waals surface area contributed by atoms with E-state index in [4.69, 9.17) is 4.74 Å². The molecule has 0 N–H and O–H groups in total. The highest BCUT2D eigenvalue weighted by Crippen LogP contribution is 2.33. The first kappa shape index (κ1) is 16.8. The third-order valence-corrected chi connectivity index (χ3v) is 2.37. The van der Waals surface area contributed by atoms with E-state index in [0.29, 0.717) is 6.07 Å². The van der Waals surface area contributed by atoms with Crippen LogP contribution in [0.5, 0.6) is 5.75 Å². The van der Waals surface area contributed by atoms with Crippen molar-refractivity contribution >= 4 is 11.9 Å². The van der Waals surface area contributed by atoms with E-state index < -0.39 is 36.0 Å². The molecule has 0 unspecified atom stereocenters. The first-order valence-electron chi connectivity index (χ1n) is 5.87. The molecule has 0 saturated carbocycles. The van der Waals surface area contributed by atoms with Crippen LogP contribution in [0.25, 0.3) is 0 Å². The van der Waals surface area contributed by atoms with Gasteiger partial charge in [0.05, 0.1) is 19.3 Å². The minimum absolute atomic E-state index is 0.106.